The first-order chi connectivity index (χ1) is 12.5. The Morgan fingerprint density at radius 2 is 1.69 bits per heavy atom. The van der Waals surface area contributed by atoms with E-state index in [2.05, 4.69) is 4.90 Å². The van der Waals surface area contributed by atoms with Crippen molar-refractivity contribution in [3.8, 4) is 0 Å². The number of fused-ring (bicyclic) bond motifs is 1. The lowest BCUT2D eigenvalue weighted by Gasteiger charge is -2.31. The molecule has 134 valence electrons. The molecular formula is C20H20N2O3S. The number of likely N-dealkylation sites (tertiary alicyclic amines) is 1. The Hall–Kier alpha value is -2.44. The summed E-state index contributed by atoms with van der Waals surface area (Å²) in [4.78, 5) is 14.4. The zero-order valence-corrected chi connectivity index (χ0v) is 15.3. The lowest BCUT2D eigenvalue weighted by Crippen LogP contribution is -2.33. The zero-order chi connectivity index (χ0) is 18.3. The molecule has 0 N–H and O–H groups in total. The Morgan fingerprint density at radius 1 is 1.00 bits per heavy atom. The highest BCUT2D eigenvalue weighted by molar-refractivity contribution is 7.90. The lowest BCUT2D eigenvalue weighted by atomic mass is 9.95. The predicted octanol–water partition coefficient (Wildman–Crippen LogP) is 3.21. The Labute approximate surface area is 152 Å². The second-order valence-corrected chi connectivity index (χ2v) is 8.52. The van der Waals surface area contributed by atoms with Crippen molar-refractivity contribution in [2.45, 2.75) is 23.8 Å². The van der Waals surface area contributed by atoms with Crippen LogP contribution < -0.4 is 0 Å². The predicted molar refractivity (Wildman–Crippen MR) is 101 cm³/mol. The first-order valence-electron chi connectivity index (χ1n) is 8.61. The van der Waals surface area contributed by atoms with Crippen LogP contribution >= 0.6 is 0 Å². The number of para-hydroxylation sites is 1. The van der Waals surface area contributed by atoms with E-state index >= 15 is 0 Å². The number of nitrogens with zero attached hydrogens (tertiary/aromatic N) is 2. The number of Topliss-reactive ketones (excluding diaryl/α,β-unsaturated/α-hetero) is 1. The fourth-order valence-electron chi connectivity index (χ4n) is 3.62. The molecule has 0 saturated carbocycles. The molecule has 1 atom stereocenters. The molecule has 1 aromatic heterocycles. The molecule has 3 aromatic rings. The van der Waals surface area contributed by atoms with Crippen molar-refractivity contribution in [1.29, 1.82) is 0 Å². The van der Waals surface area contributed by atoms with E-state index in [4.69, 9.17) is 0 Å². The molecule has 0 bridgehead atoms. The Morgan fingerprint density at radius 3 is 2.46 bits per heavy atom. The lowest BCUT2D eigenvalue weighted by molar-refractivity contribution is -0.122. The largest absolute Gasteiger partial charge is 0.300 e. The van der Waals surface area contributed by atoms with Gasteiger partial charge in [-0.1, -0.05) is 36.4 Å². The Bertz CT molecular complexity index is 1070. The molecule has 0 radical (unpaired) electrons. The van der Waals surface area contributed by atoms with E-state index in [-0.39, 0.29) is 16.7 Å². The van der Waals surface area contributed by atoms with Crippen molar-refractivity contribution in [2.24, 2.45) is 0 Å². The minimum Gasteiger partial charge on any atom is -0.300 e. The number of rotatable bonds is 3. The van der Waals surface area contributed by atoms with Crippen LogP contribution in [0.25, 0.3) is 10.9 Å². The summed E-state index contributed by atoms with van der Waals surface area (Å²) in [5.74, 6) is 0.218. The summed E-state index contributed by atoms with van der Waals surface area (Å²) in [6.45, 7) is 0.689. The minimum atomic E-state index is -3.70. The van der Waals surface area contributed by atoms with E-state index in [0.29, 0.717) is 24.9 Å². The third-order valence-electron chi connectivity index (χ3n) is 5.06. The molecule has 1 saturated heterocycles. The number of carbonyl (C=O) groups excluding carboxylic acids is 1. The number of benzene rings is 2. The molecule has 1 aliphatic rings. The van der Waals surface area contributed by atoms with Crippen LogP contribution in [-0.4, -0.2) is 36.7 Å². The summed E-state index contributed by atoms with van der Waals surface area (Å²) in [5.41, 5.74) is 1.52. The average molecular weight is 368 g/mol. The monoisotopic (exact) mass is 368 g/mol. The molecule has 1 fully saturated rings. The first kappa shape index (κ1) is 17.0. The fourth-order valence-corrected chi connectivity index (χ4v) is 5.02. The van der Waals surface area contributed by atoms with Crippen molar-refractivity contribution < 1.29 is 13.2 Å². The molecule has 5 nitrogen and oxygen atoms in total. The van der Waals surface area contributed by atoms with Gasteiger partial charge in [0.1, 0.15) is 5.78 Å². The Balaban J connectivity index is 1.92. The van der Waals surface area contributed by atoms with Crippen LogP contribution in [0.4, 0.5) is 0 Å². The van der Waals surface area contributed by atoms with Gasteiger partial charge in [0.05, 0.1) is 10.4 Å². The third kappa shape index (κ3) is 2.75. The van der Waals surface area contributed by atoms with Gasteiger partial charge in [-0.25, -0.2) is 12.4 Å². The van der Waals surface area contributed by atoms with Gasteiger partial charge in [-0.2, -0.15) is 0 Å². The van der Waals surface area contributed by atoms with Crippen LogP contribution in [0.5, 0.6) is 0 Å². The Kier molecular flexibility index (Phi) is 4.17. The van der Waals surface area contributed by atoms with Gasteiger partial charge in [-0.3, -0.25) is 9.69 Å². The van der Waals surface area contributed by atoms with Gasteiger partial charge in [0, 0.05) is 37.0 Å². The van der Waals surface area contributed by atoms with Crippen molar-refractivity contribution in [1.82, 2.24) is 8.87 Å². The molecular weight excluding hydrogens is 348 g/mol. The van der Waals surface area contributed by atoms with Crippen LogP contribution in [0, 0.1) is 0 Å². The summed E-state index contributed by atoms with van der Waals surface area (Å²) < 4.78 is 27.7. The topological polar surface area (TPSA) is 59.4 Å². The SMILES string of the molecule is CN1CCC(=O)CC1c1cn(S(=O)(=O)c2ccccc2)c2ccccc12. The van der Waals surface area contributed by atoms with Gasteiger partial charge in [0.25, 0.3) is 10.0 Å². The van der Waals surface area contributed by atoms with Crippen molar-refractivity contribution in [3.63, 3.8) is 0 Å². The van der Waals surface area contributed by atoms with E-state index < -0.39 is 10.0 Å². The molecule has 0 aliphatic carbocycles. The highest BCUT2D eigenvalue weighted by Crippen LogP contribution is 2.35. The second kappa shape index (κ2) is 6.37. The maximum absolute atomic E-state index is 13.2. The zero-order valence-electron chi connectivity index (χ0n) is 14.5. The highest BCUT2D eigenvalue weighted by atomic mass is 32.2. The van der Waals surface area contributed by atoms with Gasteiger partial charge in [0.15, 0.2) is 0 Å². The molecule has 4 rings (SSSR count). The van der Waals surface area contributed by atoms with Crippen molar-refractivity contribution >= 4 is 26.7 Å². The summed E-state index contributed by atoms with van der Waals surface area (Å²) in [5, 5.41) is 0.874. The molecule has 1 aliphatic heterocycles. The molecule has 6 heteroatoms. The number of aromatic nitrogens is 1. The summed E-state index contributed by atoms with van der Waals surface area (Å²) in [6.07, 6.45) is 2.65. The summed E-state index contributed by atoms with van der Waals surface area (Å²) in [7, 11) is -1.72. The maximum atomic E-state index is 13.2. The van der Waals surface area contributed by atoms with Crippen LogP contribution in [0.3, 0.4) is 0 Å². The second-order valence-electron chi connectivity index (χ2n) is 6.70. The number of hydrogen-bond acceptors (Lipinski definition) is 4. The summed E-state index contributed by atoms with van der Waals surface area (Å²) in [6, 6.07) is 15.8. The fraction of sp³-hybridized carbons (Fsp3) is 0.250. The quantitative estimate of drug-likeness (QED) is 0.712. The van der Waals surface area contributed by atoms with Crippen molar-refractivity contribution in [2.75, 3.05) is 13.6 Å². The minimum absolute atomic E-state index is 0.103. The van der Waals surface area contributed by atoms with Crippen LogP contribution in [0.1, 0.15) is 24.4 Å². The molecule has 0 spiro atoms. The van der Waals surface area contributed by atoms with E-state index in [1.54, 1.807) is 36.5 Å². The molecule has 0 amide bonds. The molecule has 2 aromatic carbocycles. The van der Waals surface area contributed by atoms with Gasteiger partial charge in [-0.15, -0.1) is 0 Å². The van der Waals surface area contributed by atoms with Crippen LogP contribution in [0.2, 0.25) is 0 Å². The number of ketones is 1. The van der Waals surface area contributed by atoms with E-state index in [9.17, 15) is 13.2 Å². The summed E-state index contributed by atoms with van der Waals surface area (Å²) >= 11 is 0. The van der Waals surface area contributed by atoms with Gasteiger partial charge in [-0.05, 0) is 30.8 Å². The number of piperidine rings is 1. The number of hydrogen-bond donors (Lipinski definition) is 0. The van der Waals surface area contributed by atoms with Gasteiger partial charge >= 0.3 is 0 Å². The highest BCUT2D eigenvalue weighted by Gasteiger charge is 2.30. The van der Waals surface area contributed by atoms with Crippen LogP contribution in [0.15, 0.2) is 65.7 Å². The number of carbonyl (C=O) groups is 1. The average Bonchev–Trinajstić information content (AvgIpc) is 3.05. The third-order valence-corrected chi connectivity index (χ3v) is 6.75. The first-order valence-corrected chi connectivity index (χ1v) is 10.0. The maximum Gasteiger partial charge on any atom is 0.268 e. The smallest absolute Gasteiger partial charge is 0.268 e. The molecule has 26 heavy (non-hydrogen) atoms. The van der Waals surface area contributed by atoms with Crippen molar-refractivity contribution in [3.05, 3.63) is 66.4 Å². The molecule has 1 unspecified atom stereocenters. The van der Waals surface area contributed by atoms with Gasteiger partial charge in [0.2, 0.25) is 0 Å². The standard InChI is InChI=1S/C20H20N2O3S/c1-21-12-11-15(23)13-20(21)18-14-22(19-10-6-5-9-17(18)19)26(24,25)16-7-3-2-4-8-16/h2-10,14,20H,11-13H2,1H3. The van der Waals surface area contributed by atoms with Gasteiger partial charge < -0.3 is 0 Å². The van der Waals surface area contributed by atoms with Crippen LogP contribution in [-0.2, 0) is 14.8 Å². The van der Waals surface area contributed by atoms with E-state index in [1.807, 2.05) is 31.3 Å². The van der Waals surface area contributed by atoms with E-state index in [1.165, 1.54) is 3.97 Å². The normalized spacial score (nSPS) is 19.1. The van der Waals surface area contributed by atoms with E-state index in [0.717, 1.165) is 10.9 Å². The molecule has 2 heterocycles.